The van der Waals surface area contributed by atoms with Crippen molar-refractivity contribution in [3.8, 4) is 0 Å². The zero-order valence-corrected chi connectivity index (χ0v) is 19.6. The normalized spacial score (nSPS) is 27.7. The summed E-state index contributed by atoms with van der Waals surface area (Å²) in [5, 5.41) is 13.6. The number of hydrogen-bond acceptors (Lipinski definition) is 7. The van der Waals surface area contributed by atoms with Crippen LogP contribution in [-0.2, 0) is 36.9 Å². The minimum Gasteiger partial charge on any atom is -0.445 e. The van der Waals surface area contributed by atoms with Crippen molar-refractivity contribution < 1.29 is 33.6 Å². The number of fused-ring (bicyclic) bond motifs is 1. The molecule has 0 unspecified atom stereocenters. The third-order valence-corrected chi connectivity index (χ3v) is 5.86. The molecule has 5 atom stereocenters. The Bertz CT molecular complexity index is 908. The van der Waals surface area contributed by atoms with Crippen LogP contribution in [0.2, 0.25) is 0 Å². The maximum absolute atomic E-state index is 12.0. The van der Waals surface area contributed by atoms with E-state index in [2.05, 4.69) is 5.32 Å². The summed E-state index contributed by atoms with van der Waals surface area (Å²) in [6, 6.07) is 19.3. The predicted molar refractivity (Wildman–Crippen MR) is 124 cm³/mol. The van der Waals surface area contributed by atoms with Crippen LogP contribution in [0, 0.1) is 0 Å². The minimum atomic E-state index is -0.867. The molecule has 2 fully saturated rings. The van der Waals surface area contributed by atoms with Gasteiger partial charge in [-0.05, 0) is 37.8 Å². The van der Waals surface area contributed by atoms with Crippen LogP contribution in [0.25, 0.3) is 0 Å². The molecular formula is C26H33NO7. The van der Waals surface area contributed by atoms with Crippen molar-refractivity contribution in [3.63, 3.8) is 0 Å². The van der Waals surface area contributed by atoms with Gasteiger partial charge in [-0.1, -0.05) is 60.7 Å². The average molecular weight is 472 g/mol. The Morgan fingerprint density at radius 3 is 2.26 bits per heavy atom. The molecule has 2 aliphatic rings. The van der Waals surface area contributed by atoms with Gasteiger partial charge < -0.3 is 34.1 Å². The van der Waals surface area contributed by atoms with Gasteiger partial charge in [0.25, 0.3) is 0 Å². The Balaban J connectivity index is 1.26. The molecule has 0 radical (unpaired) electrons. The molecule has 2 aliphatic heterocycles. The van der Waals surface area contributed by atoms with Crippen LogP contribution in [0.5, 0.6) is 0 Å². The quantitative estimate of drug-likeness (QED) is 0.541. The van der Waals surface area contributed by atoms with E-state index in [9.17, 15) is 9.90 Å². The third-order valence-electron chi connectivity index (χ3n) is 5.86. The standard InChI is InChI=1S/C26H33NO7/c1-26(2)33-22-21(28)20(14-9-15-27-25(29)31-17-19-12-7-4-8-13-19)32-24(23(22)34-26)30-16-18-10-5-3-6-11-18/h3-8,10-13,20-24,28H,9,14-17H2,1-2H3,(H,27,29)/t20-,21-,22+,23+,24+/m1/s1. The molecule has 0 aliphatic carbocycles. The molecule has 8 heteroatoms. The van der Waals surface area contributed by atoms with Crippen molar-refractivity contribution in [2.45, 2.75) is 76.4 Å². The highest BCUT2D eigenvalue weighted by molar-refractivity contribution is 5.67. The number of rotatable bonds is 9. The molecule has 184 valence electrons. The Morgan fingerprint density at radius 2 is 1.59 bits per heavy atom. The zero-order valence-electron chi connectivity index (χ0n) is 19.6. The summed E-state index contributed by atoms with van der Waals surface area (Å²) in [6.07, 6.45) is -2.52. The number of amides is 1. The van der Waals surface area contributed by atoms with E-state index < -0.39 is 42.6 Å². The molecule has 8 nitrogen and oxygen atoms in total. The summed E-state index contributed by atoms with van der Waals surface area (Å²) in [6.45, 7) is 4.59. The van der Waals surface area contributed by atoms with Crippen LogP contribution in [0.15, 0.2) is 60.7 Å². The lowest BCUT2D eigenvalue weighted by Crippen LogP contribution is -2.56. The van der Waals surface area contributed by atoms with Gasteiger partial charge >= 0.3 is 6.09 Å². The van der Waals surface area contributed by atoms with E-state index in [0.29, 0.717) is 26.0 Å². The molecule has 2 aromatic carbocycles. The Kier molecular flexibility index (Phi) is 8.18. The highest BCUT2D eigenvalue weighted by atomic mass is 16.8. The summed E-state index contributed by atoms with van der Waals surface area (Å²) in [4.78, 5) is 12.0. The van der Waals surface area contributed by atoms with Crippen molar-refractivity contribution in [1.82, 2.24) is 5.32 Å². The monoisotopic (exact) mass is 471 g/mol. The lowest BCUT2D eigenvalue weighted by Gasteiger charge is -2.40. The van der Waals surface area contributed by atoms with Crippen molar-refractivity contribution >= 4 is 6.09 Å². The maximum Gasteiger partial charge on any atom is 0.407 e. The lowest BCUT2D eigenvalue weighted by molar-refractivity contribution is -0.279. The van der Waals surface area contributed by atoms with Crippen LogP contribution in [-0.4, -0.2) is 54.2 Å². The fraction of sp³-hybridized carbons (Fsp3) is 0.500. The Morgan fingerprint density at radius 1 is 0.971 bits per heavy atom. The summed E-state index contributed by atoms with van der Waals surface area (Å²) in [5.41, 5.74) is 1.94. The molecule has 34 heavy (non-hydrogen) atoms. The van der Waals surface area contributed by atoms with E-state index in [1.54, 1.807) is 0 Å². The van der Waals surface area contributed by atoms with Crippen molar-refractivity contribution in [2.75, 3.05) is 6.54 Å². The minimum absolute atomic E-state index is 0.216. The van der Waals surface area contributed by atoms with E-state index in [1.807, 2.05) is 74.5 Å². The second-order valence-electron chi connectivity index (χ2n) is 9.03. The van der Waals surface area contributed by atoms with Gasteiger partial charge in [0.15, 0.2) is 12.1 Å². The summed E-state index contributed by atoms with van der Waals surface area (Å²) in [5.74, 6) is -0.840. The molecule has 1 amide bonds. The first-order valence-corrected chi connectivity index (χ1v) is 11.7. The fourth-order valence-electron chi connectivity index (χ4n) is 4.23. The molecule has 2 heterocycles. The van der Waals surface area contributed by atoms with Gasteiger partial charge in [-0.2, -0.15) is 0 Å². The first-order valence-electron chi connectivity index (χ1n) is 11.7. The van der Waals surface area contributed by atoms with Gasteiger partial charge in [0.05, 0.1) is 12.7 Å². The lowest BCUT2D eigenvalue weighted by atomic mass is 9.96. The van der Waals surface area contributed by atoms with Crippen LogP contribution in [0.3, 0.4) is 0 Å². The molecule has 0 spiro atoms. The first kappa shape index (κ1) is 24.6. The topological polar surface area (TPSA) is 95.5 Å². The van der Waals surface area contributed by atoms with E-state index >= 15 is 0 Å². The van der Waals surface area contributed by atoms with Crippen molar-refractivity contribution in [3.05, 3.63) is 71.8 Å². The van der Waals surface area contributed by atoms with Crippen LogP contribution >= 0.6 is 0 Å². The predicted octanol–water partition coefficient (Wildman–Crippen LogP) is 3.52. The number of benzene rings is 2. The second-order valence-corrected chi connectivity index (χ2v) is 9.03. The average Bonchev–Trinajstić information content (AvgIpc) is 3.18. The van der Waals surface area contributed by atoms with Crippen molar-refractivity contribution in [1.29, 1.82) is 0 Å². The Hall–Kier alpha value is -2.49. The molecule has 2 aromatic rings. The first-order chi connectivity index (χ1) is 16.4. The molecule has 0 aromatic heterocycles. The molecule has 2 saturated heterocycles. The number of nitrogens with one attached hydrogen (secondary N) is 1. The van der Waals surface area contributed by atoms with Gasteiger partial charge in [0, 0.05) is 6.54 Å². The number of carbonyl (C=O) groups excluding carboxylic acids is 1. The van der Waals surface area contributed by atoms with Gasteiger partial charge in [-0.25, -0.2) is 4.79 Å². The Labute approximate surface area is 200 Å². The smallest absolute Gasteiger partial charge is 0.407 e. The number of aliphatic hydroxyl groups excluding tert-OH is 1. The molecule has 0 saturated carbocycles. The van der Waals surface area contributed by atoms with Gasteiger partial charge in [0.1, 0.15) is 24.9 Å². The number of carbonyl (C=O) groups is 1. The van der Waals surface area contributed by atoms with Crippen LogP contribution in [0.4, 0.5) is 4.79 Å². The molecule has 2 N–H and O–H groups in total. The fourth-order valence-corrected chi connectivity index (χ4v) is 4.23. The summed E-state index contributed by atoms with van der Waals surface area (Å²) in [7, 11) is 0. The van der Waals surface area contributed by atoms with E-state index in [4.69, 9.17) is 23.7 Å². The van der Waals surface area contributed by atoms with Gasteiger partial charge in [-0.3, -0.25) is 0 Å². The summed E-state index contributed by atoms with van der Waals surface area (Å²) >= 11 is 0. The van der Waals surface area contributed by atoms with Crippen LogP contribution in [0.1, 0.15) is 37.8 Å². The van der Waals surface area contributed by atoms with Crippen molar-refractivity contribution in [2.24, 2.45) is 0 Å². The largest absolute Gasteiger partial charge is 0.445 e. The van der Waals surface area contributed by atoms with Crippen LogP contribution < -0.4 is 5.32 Å². The molecular weight excluding hydrogens is 438 g/mol. The zero-order chi connectivity index (χ0) is 24.0. The highest BCUT2D eigenvalue weighted by Crippen LogP contribution is 2.39. The third kappa shape index (κ3) is 6.55. The molecule has 4 rings (SSSR count). The van der Waals surface area contributed by atoms with E-state index in [1.165, 1.54) is 0 Å². The maximum atomic E-state index is 12.0. The number of alkyl carbamates (subject to hydrolysis) is 1. The SMILES string of the molecule is CC1(C)O[C@@H]2[C@@H](OCc3ccccc3)O[C@H](CCCNC(=O)OCc3ccccc3)[C@@H](O)[C@@H]2O1. The number of aliphatic hydroxyl groups is 1. The number of ether oxygens (including phenoxy) is 5. The molecule has 0 bridgehead atoms. The van der Waals surface area contributed by atoms with Gasteiger partial charge in [0.2, 0.25) is 0 Å². The van der Waals surface area contributed by atoms with E-state index in [0.717, 1.165) is 11.1 Å². The second kappa shape index (κ2) is 11.3. The number of hydrogen-bond donors (Lipinski definition) is 2. The van der Waals surface area contributed by atoms with E-state index in [-0.39, 0.29) is 6.61 Å². The highest BCUT2D eigenvalue weighted by Gasteiger charge is 2.55. The summed E-state index contributed by atoms with van der Waals surface area (Å²) < 4.78 is 29.4. The van der Waals surface area contributed by atoms with Gasteiger partial charge in [-0.15, -0.1) is 0 Å².